The SMILES string of the molecule is CCCCC(C)(CCCC)c1cc(C)c(O)c(C=NC2CCCCC2N=Cc2cc(C(C)(C)C)cc(C(C)(C)C)c2O)c1.O=C(O)O.[CH3-].[Cr]. The summed E-state index contributed by atoms with van der Waals surface area (Å²) in [6, 6.07) is 8.72. The summed E-state index contributed by atoms with van der Waals surface area (Å²) in [5.41, 5.74) is 5.86. The molecule has 2 aromatic rings. The summed E-state index contributed by atoms with van der Waals surface area (Å²) in [5.74, 6) is 0.654. The summed E-state index contributed by atoms with van der Waals surface area (Å²) >= 11 is 0. The van der Waals surface area contributed by atoms with E-state index in [9.17, 15) is 10.2 Å². The van der Waals surface area contributed by atoms with E-state index >= 15 is 0 Å². The minimum Gasteiger partial charge on any atom is -0.507 e. The average molecular weight is 718 g/mol. The Balaban J connectivity index is 0.00000363. The van der Waals surface area contributed by atoms with Crippen molar-refractivity contribution in [2.75, 3.05) is 0 Å². The Morgan fingerprint density at radius 3 is 1.59 bits per heavy atom. The van der Waals surface area contributed by atoms with E-state index in [2.05, 4.69) is 86.6 Å². The number of aliphatic imine (C=N–C) groups is 2. The predicted molar refractivity (Wildman–Crippen MR) is 203 cm³/mol. The molecule has 0 spiro atoms. The largest absolute Gasteiger partial charge is 0.507 e. The van der Waals surface area contributed by atoms with Crippen molar-refractivity contribution in [1.82, 2.24) is 0 Å². The van der Waals surface area contributed by atoms with Gasteiger partial charge in [0.05, 0.1) is 12.1 Å². The van der Waals surface area contributed by atoms with E-state index < -0.39 is 6.16 Å². The van der Waals surface area contributed by atoms with E-state index in [1.165, 1.54) is 36.8 Å². The van der Waals surface area contributed by atoms with Gasteiger partial charge in [0.2, 0.25) is 0 Å². The van der Waals surface area contributed by atoms with Crippen LogP contribution in [0.1, 0.15) is 160 Å². The van der Waals surface area contributed by atoms with Crippen molar-refractivity contribution in [1.29, 1.82) is 0 Å². The maximum absolute atomic E-state index is 11.3. The van der Waals surface area contributed by atoms with Gasteiger partial charge in [-0.2, -0.15) is 0 Å². The predicted octanol–water partition coefficient (Wildman–Crippen LogP) is 11.2. The van der Waals surface area contributed by atoms with E-state index in [1.807, 2.05) is 19.4 Å². The average Bonchev–Trinajstić information content (AvgIpc) is 2.98. The van der Waals surface area contributed by atoms with Crippen LogP contribution in [0.4, 0.5) is 4.79 Å². The molecule has 0 amide bonds. The van der Waals surface area contributed by atoms with Gasteiger partial charge in [0.1, 0.15) is 11.5 Å². The van der Waals surface area contributed by atoms with Gasteiger partial charge in [-0.15, -0.1) is 0 Å². The van der Waals surface area contributed by atoms with Crippen LogP contribution in [-0.4, -0.2) is 51.1 Å². The summed E-state index contributed by atoms with van der Waals surface area (Å²) in [4.78, 5) is 18.7. The molecule has 3 rings (SSSR count). The molecule has 2 aromatic carbocycles. The minimum absolute atomic E-state index is 0. The Bertz CT molecular complexity index is 1380. The first-order valence-electron chi connectivity index (χ1n) is 17.5. The van der Waals surface area contributed by atoms with Crippen molar-refractivity contribution in [2.45, 2.75) is 162 Å². The maximum atomic E-state index is 11.3. The Hall–Kier alpha value is -2.82. The van der Waals surface area contributed by atoms with E-state index in [0.717, 1.165) is 60.8 Å². The van der Waals surface area contributed by atoms with Gasteiger partial charge in [-0.1, -0.05) is 113 Å². The minimum atomic E-state index is -1.83. The third-order valence-electron chi connectivity index (χ3n) is 9.51. The zero-order valence-electron chi connectivity index (χ0n) is 32.2. The van der Waals surface area contributed by atoms with E-state index in [-0.39, 0.29) is 53.1 Å². The van der Waals surface area contributed by atoms with Crippen molar-refractivity contribution >= 4 is 18.6 Å². The van der Waals surface area contributed by atoms with Gasteiger partial charge < -0.3 is 27.9 Å². The molecule has 2 atom stereocenters. The topological polar surface area (TPSA) is 123 Å². The Morgan fingerprint density at radius 2 is 1.18 bits per heavy atom. The number of hydrogen-bond donors (Lipinski definition) is 4. The summed E-state index contributed by atoms with van der Waals surface area (Å²) in [7, 11) is 0. The molecule has 0 aromatic heterocycles. The zero-order chi connectivity index (χ0) is 35.6. The van der Waals surface area contributed by atoms with Crippen LogP contribution < -0.4 is 0 Å². The fourth-order valence-electron chi connectivity index (χ4n) is 6.35. The second kappa shape index (κ2) is 20.1. The molecular formula is C41H65CrN2O5-. The molecule has 7 nitrogen and oxygen atoms in total. The number of phenols is 2. The number of carboxylic acid groups (broad SMARTS) is 2. The van der Waals surface area contributed by atoms with Crippen LogP contribution in [-0.2, 0) is 33.6 Å². The zero-order valence-corrected chi connectivity index (χ0v) is 33.5. The van der Waals surface area contributed by atoms with Crippen molar-refractivity contribution in [3.8, 4) is 11.5 Å². The number of nitrogens with zero attached hydrogens (tertiary/aromatic N) is 2. The molecule has 4 N–H and O–H groups in total. The Morgan fingerprint density at radius 1 is 0.755 bits per heavy atom. The molecule has 0 bridgehead atoms. The van der Waals surface area contributed by atoms with Crippen molar-refractivity contribution in [3.05, 3.63) is 65.1 Å². The first-order valence-corrected chi connectivity index (χ1v) is 17.5. The first-order chi connectivity index (χ1) is 21.8. The molecule has 0 aliphatic heterocycles. The molecule has 276 valence electrons. The second-order valence-corrected chi connectivity index (χ2v) is 15.7. The monoisotopic (exact) mass is 717 g/mol. The van der Waals surface area contributed by atoms with Crippen molar-refractivity contribution in [3.63, 3.8) is 0 Å². The van der Waals surface area contributed by atoms with Crippen molar-refractivity contribution < 1.29 is 42.6 Å². The molecule has 1 fully saturated rings. The third kappa shape index (κ3) is 13.8. The third-order valence-corrected chi connectivity index (χ3v) is 9.51. The number of carbonyl (C=O) groups is 1. The molecule has 0 radical (unpaired) electrons. The number of phenolic OH excluding ortho intramolecular Hbond substituents is 2. The van der Waals surface area contributed by atoms with Gasteiger partial charge in [0.25, 0.3) is 0 Å². The van der Waals surface area contributed by atoms with E-state index in [0.29, 0.717) is 11.5 Å². The molecule has 0 heterocycles. The van der Waals surface area contributed by atoms with Crippen LogP contribution in [0.25, 0.3) is 0 Å². The number of hydrogen-bond acceptors (Lipinski definition) is 5. The van der Waals surface area contributed by atoms with Gasteiger partial charge >= 0.3 is 6.16 Å². The van der Waals surface area contributed by atoms with E-state index in [4.69, 9.17) is 25.0 Å². The van der Waals surface area contributed by atoms with Gasteiger partial charge in [0.15, 0.2) is 0 Å². The normalized spacial score (nSPS) is 16.9. The summed E-state index contributed by atoms with van der Waals surface area (Å²) in [6.07, 6.45) is 13.3. The van der Waals surface area contributed by atoms with E-state index in [1.54, 1.807) is 0 Å². The van der Waals surface area contributed by atoms with Crippen LogP contribution in [0.5, 0.6) is 11.5 Å². The van der Waals surface area contributed by atoms with Gasteiger partial charge in [0, 0.05) is 46.5 Å². The first kappa shape index (κ1) is 46.2. The standard InChI is InChI=1S/C39H60N2O2.CH2O3.CH3.Cr/c1-11-13-19-39(10,20-14-12-2)31-21-27(3)35(42)28(23-31)25-40-33-17-15-16-18-34(33)41-26-29-22-30(37(4,5)6)24-32(36(29)43)38(7,8)9;2-1(3)4;;/h21-26,33-34,42-43H,11-20H2,1-10H3;(H2,2,3,4);1H3;/q;;-1;. The maximum Gasteiger partial charge on any atom is 0.503 e. The number of benzene rings is 2. The van der Waals surface area contributed by atoms with Crippen LogP contribution in [0.3, 0.4) is 0 Å². The molecular weight excluding hydrogens is 652 g/mol. The smallest absolute Gasteiger partial charge is 0.503 e. The van der Waals surface area contributed by atoms with Crippen LogP contribution >= 0.6 is 0 Å². The number of rotatable bonds is 11. The summed E-state index contributed by atoms with van der Waals surface area (Å²) in [6.45, 7) is 22.0. The van der Waals surface area contributed by atoms with Crippen LogP contribution in [0.15, 0.2) is 34.3 Å². The molecule has 8 heteroatoms. The summed E-state index contributed by atoms with van der Waals surface area (Å²) < 4.78 is 0. The second-order valence-electron chi connectivity index (χ2n) is 15.7. The van der Waals surface area contributed by atoms with Crippen LogP contribution in [0, 0.1) is 14.4 Å². The molecule has 49 heavy (non-hydrogen) atoms. The molecule has 0 saturated heterocycles. The number of aryl methyl sites for hydroxylation is 1. The number of unbranched alkanes of at least 4 members (excludes halogenated alkanes) is 2. The fraction of sp³-hybridized carbons (Fsp3) is 0.610. The molecule has 1 saturated carbocycles. The Labute approximate surface area is 308 Å². The number of aromatic hydroxyl groups is 2. The summed E-state index contributed by atoms with van der Waals surface area (Å²) in [5, 5.41) is 36.3. The fourth-order valence-corrected chi connectivity index (χ4v) is 6.35. The van der Waals surface area contributed by atoms with Gasteiger partial charge in [-0.05, 0) is 77.7 Å². The Kier molecular flexibility index (Phi) is 19.0. The molecule has 1 aliphatic carbocycles. The molecule has 1 aliphatic rings. The van der Waals surface area contributed by atoms with Crippen LogP contribution in [0.2, 0.25) is 0 Å². The van der Waals surface area contributed by atoms with Gasteiger partial charge in [-0.3, -0.25) is 9.98 Å². The molecule has 2 unspecified atom stereocenters. The van der Waals surface area contributed by atoms with Gasteiger partial charge in [-0.25, -0.2) is 4.79 Å². The quantitative estimate of drug-likeness (QED) is 0.136. The van der Waals surface area contributed by atoms with Crippen molar-refractivity contribution in [2.24, 2.45) is 9.98 Å².